The second-order valence-electron chi connectivity index (χ2n) is 6.72. The van der Waals surface area contributed by atoms with E-state index < -0.39 is 0 Å². The third kappa shape index (κ3) is 5.05. The molecule has 0 fully saturated rings. The third-order valence-electron chi connectivity index (χ3n) is 3.89. The van der Waals surface area contributed by atoms with Crippen molar-refractivity contribution in [2.75, 3.05) is 5.32 Å². The molecule has 2 heterocycles. The number of nitrogens with zero attached hydrogens (tertiary/aromatic N) is 2. The second-order valence-corrected chi connectivity index (χ2v) is 6.72. The van der Waals surface area contributed by atoms with Gasteiger partial charge in [0.2, 0.25) is 0 Å². The standard InChI is InChI=1S/C22H21N3O2/c1-15(2)11-20-14-27-22(24-20)25-21(26)19-8-6-16(3)18(12-19)9-7-17-5-4-10-23-13-17/h4-6,8,10,12-15H,11H2,1-3H3,(H,24,25,26). The number of anilines is 1. The Morgan fingerprint density at radius 2 is 2.11 bits per heavy atom. The molecule has 0 aliphatic heterocycles. The molecule has 5 nitrogen and oxygen atoms in total. The number of rotatable bonds is 4. The van der Waals surface area contributed by atoms with Crippen molar-refractivity contribution in [2.24, 2.45) is 5.92 Å². The van der Waals surface area contributed by atoms with Gasteiger partial charge in [0.1, 0.15) is 6.26 Å². The summed E-state index contributed by atoms with van der Waals surface area (Å²) < 4.78 is 5.34. The lowest BCUT2D eigenvalue weighted by Gasteiger charge is -2.04. The van der Waals surface area contributed by atoms with E-state index in [0.29, 0.717) is 11.5 Å². The summed E-state index contributed by atoms with van der Waals surface area (Å²) in [5.41, 5.74) is 3.94. The Labute approximate surface area is 158 Å². The summed E-state index contributed by atoms with van der Waals surface area (Å²) in [6.45, 7) is 6.17. The molecule has 0 bridgehead atoms. The SMILES string of the molecule is Cc1ccc(C(=O)Nc2nc(CC(C)C)co2)cc1C#Cc1cccnc1. The van der Waals surface area contributed by atoms with Crippen molar-refractivity contribution in [1.29, 1.82) is 0 Å². The third-order valence-corrected chi connectivity index (χ3v) is 3.89. The number of aromatic nitrogens is 2. The van der Waals surface area contributed by atoms with Crippen LogP contribution in [0.2, 0.25) is 0 Å². The zero-order valence-electron chi connectivity index (χ0n) is 15.6. The van der Waals surface area contributed by atoms with Gasteiger partial charge >= 0.3 is 6.01 Å². The summed E-state index contributed by atoms with van der Waals surface area (Å²) >= 11 is 0. The number of benzene rings is 1. The molecule has 2 aromatic heterocycles. The minimum atomic E-state index is -0.280. The van der Waals surface area contributed by atoms with Gasteiger partial charge in [-0.05, 0) is 49.1 Å². The van der Waals surface area contributed by atoms with Gasteiger partial charge in [-0.3, -0.25) is 15.1 Å². The van der Waals surface area contributed by atoms with Crippen molar-refractivity contribution in [2.45, 2.75) is 27.2 Å². The molecule has 3 rings (SSSR count). The fourth-order valence-electron chi connectivity index (χ4n) is 2.52. The summed E-state index contributed by atoms with van der Waals surface area (Å²) in [7, 11) is 0. The van der Waals surface area contributed by atoms with Gasteiger partial charge in [-0.25, -0.2) is 0 Å². The average molecular weight is 359 g/mol. The molecule has 3 aromatic rings. The monoisotopic (exact) mass is 359 g/mol. The van der Waals surface area contributed by atoms with Gasteiger partial charge in [0.25, 0.3) is 5.91 Å². The van der Waals surface area contributed by atoms with Gasteiger partial charge in [-0.2, -0.15) is 4.98 Å². The number of aryl methyl sites for hydroxylation is 1. The molecule has 0 aliphatic rings. The van der Waals surface area contributed by atoms with Crippen LogP contribution < -0.4 is 5.32 Å². The summed E-state index contributed by atoms with van der Waals surface area (Å²) in [6.07, 6.45) is 5.79. The molecule has 0 radical (unpaired) electrons. The van der Waals surface area contributed by atoms with E-state index in [1.54, 1.807) is 30.8 Å². The van der Waals surface area contributed by atoms with E-state index in [4.69, 9.17) is 4.42 Å². The van der Waals surface area contributed by atoms with E-state index in [2.05, 4.69) is 41.0 Å². The Morgan fingerprint density at radius 3 is 2.85 bits per heavy atom. The summed E-state index contributed by atoms with van der Waals surface area (Å²) in [5.74, 6) is 6.36. The van der Waals surface area contributed by atoms with Crippen LogP contribution in [0.15, 0.2) is 53.4 Å². The molecular weight excluding hydrogens is 338 g/mol. The van der Waals surface area contributed by atoms with Gasteiger partial charge in [-0.15, -0.1) is 0 Å². The van der Waals surface area contributed by atoms with E-state index in [1.807, 2.05) is 25.1 Å². The van der Waals surface area contributed by atoms with Gasteiger partial charge in [0.05, 0.1) is 5.69 Å². The molecular formula is C22H21N3O2. The van der Waals surface area contributed by atoms with Crippen LogP contribution in [0, 0.1) is 24.7 Å². The van der Waals surface area contributed by atoms with Crippen molar-refractivity contribution < 1.29 is 9.21 Å². The fourth-order valence-corrected chi connectivity index (χ4v) is 2.52. The maximum atomic E-state index is 12.5. The van der Waals surface area contributed by atoms with E-state index in [1.165, 1.54) is 0 Å². The van der Waals surface area contributed by atoms with Crippen LogP contribution in [-0.2, 0) is 6.42 Å². The maximum absolute atomic E-state index is 12.5. The number of nitrogens with one attached hydrogen (secondary N) is 1. The van der Waals surface area contributed by atoms with Gasteiger partial charge in [0, 0.05) is 29.1 Å². The zero-order valence-corrected chi connectivity index (χ0v) is 15.6. The lowest BCUT2D eigenvalue weighted by Crippen LogP contribution is -2.12. The topological polar surface area (TPSA) is 68.0 Å². The van der Waals surface area contributed by atoms with Crippen LogP contribution in [0.4, 0.5) is 6.01 Å². The fraction of sp³-hybridized carbons (Fsp3) is 0.227. The molecule has 1 N–H and O–H groups in total. The minimum absolute atomic E-state index is 0.208. The molecule has 0 atom stereocenters. The minimum Gasteiger partial charge on any atom is -0.432 e. The summed E-state index contributed by atoms with van der Waals surface area (Å²) in [5, 5.41) is 2.70. The number of carbonyl (C=O) groups excluding carboxylic acids is 1. The average Bonchev–Trinajstić information content (AvgIpc) is 3.07. The Morgan fingerprint density at radius 1 is 1.26 bits per heavy atom. The molecule has 1 aromatic carbocycles. The summed E-state index contributed by atoms with van der Waals surface area (Å²) in [4.78, 5) is 20.9. The predicted octanol–water partition coefficient (Wildman–Crippen LogP) is 4.23. The number of amides is 1. The summed E-state index contributed by atoms with van der Waals surface area (Å²) in [6, 6.07) is 9.35. The molecule has 0 unspecified atom stereocenters. The van der Waals surface area contributed by atoms with Gasteiger partial charge in [0.15, 0.2) is 0 Å². The normalized spacial score (nSPS) is 10.4. The highest BCUT2D eigenvalue weighted by atomic mass is 16.4. The Bertz CT molecular complexity index is 995. The Balaban J connectivity index is 1.76. The first-order chi connectivity index (χ1) is 13.0. The largest absolute Gasteiger partial charge is 0.432 e. The number of hydrogen-bond acceptors (Lipinski definition) is 4. The highest BCUT2D eigenvalue weighted by molar-refractivity contribution is 6.03. The van der Waals surface area contributed by atoms with Crippen molar-refractivity contribution in [3.8, 4) is 11.8 Å². The Hall–Kier alpha value is -3.39. The highest BCUT2D eigenvalue weighted by Gasteiger charge is 2.12. The van der Waals surface area contributed by atoms with Crippen molar-refractivity contribution >= 4 is 11.9 Å². The zero-order chi connectivity index (χ0) is 19.2. The molecule has 0 spiro atoms. The van der Waals surface area contributed by atoms with Crippen molar-refractivity contribution in [3.63, 3.8) is 0 Å². The predicted molar refractivity (Wildman–Crippen MR) is 104 cm³/mol. The molecule has 5 heteroatoms. The van der Waals surface area contributed by atoms with Crippen molar-refractivity contribution in [1.82, 2.24) is 9.97 Å². The number of carbonyl (C=O) groups is 1. The molecule has 0 saturated carbocycles. The smallest absolute Gasteiger partial charge is 0.301 e. The van der Waals surface area contributed by atoms with Crippen LogP contribution in [0.5, 0.6) is 0 Å². The number of hydrogen-bond donors (Lipinski definition) is 1. The first kappa shape index (κ1) is 18.4. The van der Waals surface area contributed by atoms with E-state index >= 15 is 0 Å². The van der Waals surface area contributed by atoms with E-state index in [-0.39, 0.29) is 11.9 Å². The van der Waals surface area contributed by atoms with E-state index in [0.717, 1.165) is 28.8 Å². The lowest BCUT2D eigenvalue weighted by molar-refractivity contribution is 0.102. The van der Waals surface area contributed by atoms with Gasteiger partial charge in [-0.1, -0.05) is 31.8 Å². The second kappa shape index (κ2) is 8.33. The number of pyridine rings is 1. The van der Waals surface area contributed by atoms with Crippen LogP contribution in [0.25, 0.3) is 0 Å². The van der Waals surface area contributed by atoms with E-state index in [9.17, 15) is 4.79 Å². The molecule has 0 saturated heterocycles. The van der Waals surface area contributed by atoms with Crippen LogP contribution in [0.3, 0.4) is 0 Å². The highest BCUT2D eigenvalue weighted by Crippen LogP contribution is 2.15. The van der Waals surface area contributed by atoms with Crippen LogP contribution >= 0.6 is 0 Å². The first-order valence-corrected chi connectivity index (χ1v) is 8.79. The molecule has 27 heavy (non-hydrogen) atoms. The Kier molecular flexibility index (Phi) is 5.68. The first-order valence-electron chi connectivity index (χ1n) is 8.79. The molecule has 0 aliphatic carbocycles. The number of oxazole rings is 1. The molecule has 1 amide bonds. The molecule has 136 valence electrons. The quantitative estimate of drug-likeness (QED) is 0.708. The maximum Gasteiger partial charge on any atom is 0.301 e. The van der Waals surface area contributed by atoms with Gasteiger partial charge < -0.3 is 4.42 Å². The van der Waals surface area contributed by atoms with Crippen LogP contribution in [0.1, 0.15) is 46.6 Å². The lowest BCUT2D eigenvalue weighted by atomic mass is 10.0. The van der Waals surface area contributed by atoms with Crippen molar-refractivity contribution in [3.05, 3.63) is 76.9 Å². The van der Waals surface area contributed by atoms with Crippen LogP contribution in [-0.4, -0.2) is 15.9 Å².